The molecule has 2 aromatic rings. The van der Waals surface area contributed by atoms with Crippen LogP contribution in [0.4, 0.5) is 0 Å². The Bertz CT molecular complexity index is 607. The molecule has 0 amide bonds. The van der Waals surface area contributed by atoms with E-state index in [1.165, 1.54) is 12.7 Å². The van der Waals surface area contributed by atoms with E-state index >= 15 is 0 Å². The van der Waals surface area contributed by atoms with Gasteiger partial charge in [0.25, 0.3) is 0 Å². The van der Waals surface area contributed by atoms with E-state index in [9.17, 15) is 4.79 Å². The first-order chi connectivity index (χ1) is 9.79. The van der Waals surface area contributed by atoms with Crippen LogP contribution < -0.4 is 0 Å². The predicted octanol–water partition coefficient (Wildman–Crippen LogP) is 3.21. The van der Waals surface area contributed by atoms with E-state index in [1.807, 2.05) is 42.5 Å². The molecular formula is C17H16O3. The smallest absolute Gasteiger partial charge is 0.309 e. The zero-order chi connectivity index (χ0) is 13.9. The fourth-order valence-corrected chi connectivity index (χ4v) is 2.45. The van der Waals surface area contributed by atoms with E-state index in [0.29, 0.717) is 0 Å². The molecule has 3 heteroatoms. The number of carbonyl (C=O) groups is 1. The second kappa shape index (κ2) is 5.47. The lowest BCUT2D eigenvalue weighted by Crippen LogP contribution is -2.06. The number of benzene rings is 2. The number of carbonyl (C=O) groups excluding carboxylic acids is 1. The fourth-order valence-electron chi connectivity index (χ4n) is 2.45. The maximum atomic E-state index is 11.5. The highest BCUT2D eigenvalue weighted by Gasteiger charge is 2.42. The number of esters is 1. The summed E-state index contributed by atoms with van der Waals surface area (Å²) in [5.41, 5.74) is 3.22. The van der Waals surface area contributed by atoms with Crippen LogP contribution in [0.5, 0.6) is 0 Å². The molecule has 0 saturated carbocycles. The van der Waals surface area contributed by atoms with Crippen molar-refractivity contribution in [2.45, 2.75) is 18.6 Å². The Kier molecular flexibility index (Phi) is 3.52. The summed E-state index contributed by atoms with van der Waals surface area (Å²) in [7, 11) is 1.41. The Morgan fingerprint density at radius 1 is 1.05 bits per heavy atom. The monoisotopic (exact) mass is 268 g/mol. The number of hydrogen-bond acceptors (Lipinski definition) is 3. The van der Waals surface area contributed by atoms with Crippen molar-refractivity contribution in [3.8, 4) is 0 Å². The minimum atomic E-state index is -0.227. The summed E-state index contributed by atoms with van der Waals surface area (Å²) < 4.78 is 10.5. The zero-order valence-electron chi connectivity index (χ0n) is 11.3. The van der Waals surface area contributed by atoms with Crippen LogP contribution >= 0.6 is 0 Å². The van der Waals surface area contributed by atoms with Crippen LogP contribution in [0, 0.1) is 0 Å². The van der Waals surface area contributed by atoms with Crippen molar-refractivity contribution >= 4 is 5.97 Å². The van der Waals surface area contributed by atoms with E-state index in [0.717, 1.165) is 11.1 Å². The molecule has 20 heavy (non-hydrogen) atoms. The predicted molar refractivity (Wildman–Crippen MR) is 75.2 cm³/mol. The summed E-state index contributed by atoms with van der Waals surface area (Å²) in [6.07, 6.45) is 0.418. The summed E-state index contributed by atoms with van der Waals surface area (Å²) in [4.78, 5) is 11.5. The first-order valence-corrected chi connectivity index (χ1v) is 6.64. The molecule has 1 heterocycles. The first-order valence-electron chi connectivity index (χ1n) is 6.64. The highest BCUT2D eigenvalue weighted by Crippen LogP contribution is 2.51. The topological polar surface area (TPSA) is 38.8 Å². The van der Waals surface area contributed by atoms with Gasteiger partial charge in [0.2, 0.25) is 0 Å². The number of rotatable bonds is 4. The molecule has 2 unspecified atom stereocenters. The highest BCUT2D eigenvalue weighted by molar-refractivity contribution is 5.73. The molecular weight excluding hydrogens is 252 g/mol. The molecule has 1 aliphatic heterocycles. The van der Waals surface area contributed by atoms with Gasteiger partial charge in [-0.15, -0.1) is 0 Å². The Morgan fingerprint density at radius 2 is 1.75 bits per heavy atom. The molecule has 2 atom stereocenters. The molecule has 3 nitrogen and oxygen atoms in total. The first kappa shape index (κ1) is 12.9. The molecule has 1 saturated heterocycles. The summed E-state index contributed by atoms with van der Waals surface area (Å²) >= 11 is 0. The number of ether oxygens (including phenoxy) is 2. The van der Waals surface area contributed by atoms with E-state index in [2.05, 4.69) is 12.1 Å². The Balaban J connectivity index is 1.81. The summed E-state index contributed by atoms with van der Waals surface area (Å²) in [6.45, 7) is 0. The van der Waals surface area contributed by atoms with Crippen LogP contribution in [-0.4, -0.2) is 13.1 Å². The van der Waals surface area contributed by atoms with Crippen LogP contribution in [0.15, 0.2) is 54.6 Å². The molecule has 1 fully saturated rings. The summed E-state index contributed by atoms with van der Waals surface area (Å²) in [6, 6.07) is 18.0. The van der Waals surface area contributed by atoms with Crippen molar-refractivity contribution in [1.82, 2.24) is 0 Å². The van der Waals surface area contributed by atoms with Gasteiger partial charge in [-0.05, 0) is 16.7 Å². The van der Waals surface area contributed by atoms with Gasteiger partial charge in [0.05, 0.1) is 13.5 Å². The molecule has 0 aromatic heterocycles. The van der Waals surface area contributed by atoms with Crippen LogP contribution in [0.3, 0.4) is 0 Å². The van der Waals surface area contributed by atoms with Crippen LogP contribution in [-0.2, 0) is 20.7 Å². The van der Waals surface area contributed by atoms with Crippen molar-refractivity contribution < 1.29 is 14.3 Å². The average molecular weight is 268 g/mol. The van der Waals surface area contributed by atoms with Crippen LogP contribution in [0.25, 0.3) is 0 Å². The van der Waals surface area contributed by atoms with Gasteiger partial charge in [0.15, 0.2) is 0 Å². The Labute approximate surface area is 118 Å². The Morgan fingerprint density at radius 3 is 2.50 bits per heavy atom. The lowest BCUT2D eigenvalue weighted by molar-refractivity contribution is -0.139. The van der Waals surface area contributed by atoms with Gasteiger partial charge in [-0.2, -0.15) is 0 Å². The van der Waals surface area contributed by atoms with E-state index in [1.54, 1.807) is 0 Å². The van der Waals surface area contributed by atoms with Crippen LogP contribution in [0.1, 0.15) is 28.9 Å². The molecule has 0 radical (unpaired) electrons. The summed E-state index contributed by atoms with van der Waals surface area (Å²) in [5.74, 6) is -0.227. The third-order valence-electron chi connectivity index (χ3n) is 3.54. The van der Waals surface area contributed by atoms with Gasteiger partial charge >= 0.3 is 5.97 Å². The molecule has 2 aromatic carbocycles. The normalized spacial score (nSPS) is 20.4. The van der Waals surface area contributed by atoms with Gasteiger partial charge in [0, 0.05) is 0 Å². The molecule has 0 N–H and O–H groups in total. The zero-order valence-corrected chi connectivity index (χ0v) is 11.3. The second-order valence-corrected chi connectivity index (χ2v) is 4.84. The quantitative estimate of drug-likeness (QED) is 0.631. The van der Waals surface area contributed by atoms with Crippen molar-refractivity contribution in [2.24, 2.45) is 0 Å². The molecule has 0 spiro atoms. The fraction of sp³-hybridized carbons (Fsp3) is 0.235. The highest BCUT2D eigenvalue weighted by atomic mass is 16.6. The van der Waals surface area contributed by atoms with Gasteiger partial charge in [0.1, 0.15) is 12.2 Å². The number of epoxide rings is 1. The van der Waals surface area contributed by atoms with Gasteiger partial charge in [-0.3, -0.25) is 4.79 Å². The standard InChI is InChI=1S/C17H16O3/c1-19-15(18)11-13-9-5-6-10-14(13)17-16(20-17)12-7-3-2-4-8-12/h2-10,16-17H,11H2,1H3. The third kappa shape index (κ3) is 2.58. The summed E-state index contributed by atoms with van der Waals surface area (Å²) in [5, 5.41) is 0. The number of methoxy groups -OCH3 is 1. The lowest BCUT2D eigenvalue weighted by atomic mass is 9.98. The van der Waals surface area contributed by atoms with E-state index < -0.39 is 0 Å². The van der Waals surface area contributed by atoms with E-state index in [4.69, 9.17) is 9.47 Å². The van der Waals surface area contributed by atoms with Gasteiger partial charge in [-0.25, -0.2) is 0 Å². The van der Waals surface area contributed by atoms with Gasteiger partial charge < -0.3 is 9.47 Å². The van der Waals surface area contributed by atoms with Crippen molar-refractivity contribution in [2.75, 3.05) is 7.11 Å². The lowest BCUT2D eigenvalue weighted by Gasteiger charge is -2.06. The molecule has 102 valence electrons. The SMILES string of the molecule is COC(=O)Cc1ccccc1C1OC1c1ccccc1. The molecule has 3 rings (SSSR count). The third-order valence-corrected chi connectivity index (χ3v) is 3.54. The molecule has 0 aliphatic carbocycles. The van der Waals surface area contributed by atoms with Gasteiger partial charge in [-0.1, -0.05) is 54.6 Å². The Hall–Kier alpha value is -2.13. The van der Waals surface area contributed by atoms with Crippen LogP contribution in [0.2, 0.25) is 0 Å². The average Bonchev–Trinajstić information content (AvgIpc) is 3.29. The largest absolute Gasteiger partial charge is 0.469 e. The molecule has 1 aliphatic rings. The van der Waals surface area contributed by atoms with Crippen molar-refractivity contribution in [3.05, 3.63) is 71.3 Å². The maximum absolute atomic E-state index is 11.5. The second-order valence-electron chi connectivity index (χ2n) is 4.84. The van der Waals surface area contributed by atoms with Crippen molar-refractivity contribution in [3.63, 3.8) is 0 Å². The minimum Gasteiger partial charge on any atom is -0.469 e. The molecule has 0 bridgehead atoms. The van der Waals surface area contributed by atoms with E-state index in [-0.39, 0.29) is 24.6 Å². The maximum Gasteiger partial charge on any atom is 0.309 e. The van der Waals surface area contributed by atoms with Crippen molar-refractivity contribution in [1.29, 1.82) is 0 Å². The number of hydrogen-bond donors (Lipinski definition) is 0. The minimum absolute atomic E-state index is 0.0401.